The van der Waals surface area contributed by atoms with E-state index < -0.39 is 51.1 Å². The number of sulfonamides is 1. The average Bonchev–Trinajstić information content (AvgIpc) is 2.64. The van der Waals surface area contributed by atoms with Crippen molar-refractivity contribution in [3.8, 4) is 0 Å². The Morgan fingerprint density at radius 3 is 2.24 bits per heavy atom. The molecule has 2 N–H and O–H groups in total. The van der Waals surface area contributed by atoms with Gasteiger partial charge in [0.05, 0.1) is 12.9 Å². The zero-order chi connectivity index (χ0) is 21.9. The number of hydrogen-bond acceptors (Lipinski definition) is 5. The van der Waals surface area contributed by atoms with Crippen LogP contribution in [0.3, 0.4) is 0 Å². The lowest BCUT2D eigenvalue weighted by atomic mass is 10.0. The standard InChI is InChI=1S/C18H17F3N2O5S/c1-23(17(24)11-5-3-4-10(6-11)9-29(22,26)27)16(18(25)28-2)12-7-13(19)15(21)14(20)8-12/h3-8,16H,9H2,1-2H3,(H2,22,26,27)/t16-/m1/s1. The van der Waals surface area contributed by atoms with Gasteiger partial charge in [-0.3, -0.25) is 4.79 Å². The monoisotopic (exact) mass is 430 g/mol. The van der Waals surface area contributed by atoms with E-state index in [0.717, 1.165) is 12.0 Å². The molecule has 0 fully saturated rings. The van der Waals surface area contributed by atoms with Crippen molar-refractivity contribution in [1.29, 1.82) is 0 Å². The number of carbonyl (C=O) groups is 2. The molecular weight excluding hydrogens is 413 g/mol. The highest BCUT2D eigenvalue weighted by molar-refractivity contribution is 7.88. The first kappa shape index (κ1) is 22.4. The average molecular weight is 430 g/mol. The Bertz CT molecular complexity index is 1040. The SMILES string of the molecule is COC(=O)[C@@H](c1cc(F)c(F)c(F)c1)N(C)C(=O)c1cccc(CS(N)(=O)=O)c1. The molecule has 1 atom stereocenters. The van der Waals surface area contributed by atoms with Crippen LogP contribution in [-0.2, 0) is 25.3 Å². The molecule has 156 valence electrons. The van der Waals surface area contributed by atoms with Gasteiger partial charge in [0.1, 0.15) is 0 Å². The van der Waals surface area contributed by atoms with E-state index in [0.29, 0.717) is 12.1 Å². The number of esters is 1. The Kier molecular flexibility index (Phi) is 6.65. The van der Waals surface area contributed by atoms with Gasteiger partial charge < -0.3 is 9.64 Å². The van der Waals surface area contributed by atoms with Crippen LogP contribution in [0.1, 0.15) is 27.5 Å². The Morgan fingerprint density at radius 2 is 1.72 bits per heavy atom. The molecule has 1 amide bonds. The fraction of sp³-hybridized carbons (Fsp3) is 0.222. The van der Waals surface area contributed by atoms with Crippen molar-refractivity contribution in [2.24, 2.45) is 5.14 Å². The van der Waals surface area contributed by atoms with Gasteiger partial charge in [0.25, 0.3) is 5.91 Å². The molecule has 0 saturated carbocycles. The topological polar surface area (TPSA) is 107 Å². The second kappa shape index (κ2) is 8.62. The fourth-order valence-corrected chi connectivity index (χ4v) is 3.35. The first-order valence-corrected chi connectivity index (χ1v) is 9.75. The van der Waals surface area contributed by atoms with Gasteiger partial charge in [-0.05, 0) is 35.4 Å². The van der Waals surface area contributed by atoms with Gasteiger partial charge in [0.15, 0.2) is 23.5 Å². The number of halogens is 3. The minimum absolute atomic E-state index is 0.00870. The number of nitrogens with two attached hydrogens (primary N) is 1. The molecular formula is C18H17F3N2O5S. The van der Waals surface area contributed by atoms with E-state index >= 15 is 0 Å². The van der Waals surface area contributed by atoms with Gasteiger partial charge in [-0.1, -0.05) is 12.1 Å². The number of methoxy groups -OCH3 is 1. The molecule has 0 aliphatic rings. The second-order valence-corrected chi connectivity index (χ2v) is 7.76. The van der Waals surface area contributed by atoms with Crippen molar-refractivity contribution in [3.05, 3.63) is 70.5 Å². The smallest absolute Gasteiger partial charge is 0.333 e. The fourth-order valence-electron chi connectivity index (χ4n) is 2.71. The Hall–Kier alpha value is -2.92. The lowest BCUT2D eigenvalue weighted by molar-refractivity contribution is -0.145. The van der Waals surface area contributed by atoms with Gasteiger partial charge in [-0.15, -0.1) is 0 Å². The highest BCUT2D eigenvalue weighted by Crippen LogP contribution is 2.26. The number of ether oxygens (including phenoxy) is 1. The van der Waals surface area contributed by atoms with E-state index in [4.69, 9.17) is 5.14 Å². The minimum Gasteiger partial charge on any atom is -0.467 e. The summed E-state index contributed by atoms with van der Waals surface area (Å²) in [7, 11) is -1.66. The number of nitrogens with zero attached hydrogens (tertiary/aromatic N) is 1. The number of primary sulfonamides is 1. The Morgan fingerprint density at radius 1 is 1.14 bits per heavy atom. The van der Waals surface area contributed by atoms with Crippen molar-refractivity contribution in [1.82, 2.24) is 4.90 Å². The van der Waals surface area contributed by atoms with Crippen molar-refractivity contribution in [2.45, 2.75) is 11.8 Å². The van der Waals surface area contributed by atoms with Gasteiger partial charge >= 0.3 is 5.97 Å². The molecule has 11 heteroatoms. The number of carbonyl (C=O) groups excluding carboxylic acids is 2. The quantitative estimate of drug-likeness (QED) is 0.556. The zero-order valence-corrected chi connectivity index (χ0v) is 16.2. The number of amides is 1. The van der Waals surface area contributed by atoms with Gasteiger partial charge in [0.2, 0.25) is 10.0 Å². The van der Waals surface area contributed by atoms with Gasteiger partial charge in [-0.25, -0.2) is 31.5 Å². The highest BCUT2D eigenvalue weighted by atomic mass is 32.2. The predicted molar refractivity (Wildman–Crippen MR) is 96.4 cm³/mol. The lowest BCUT2D eigenvalue weighted by Gasteiger charge is -2.27. The maximum atomic E-state index is 13.6. The number of likely N-dealkylation sites (N-methyl/N-ethyl adjacent to an activating group) is 1. The van der Waals surface area contributed by atoms with E-state index in [1.54, 1.807) is 0 Å². The molecule has 0 aromatic heterocycles. The number of benzene rings is 2. The Balaban J connectivity index is 2.45. The largest absolute Gasteiger partial charge is 0.467 e. The van der Waals surface area contributed by atoms with E-state index in [1.807, 2.05) is 0 Å². The van der Waals surface area contributed by atoms with Crippen LogP contribution >= 0.6 is 0 Å². The highest BCUT2D eigenvalue weighted by Gasteiger charge is 2.32. The Labute approximate surface area is 164 Å². The molecule has 2 aromatic carbocycles. The molecule has 0 aliphatic carbocycles. The van der Waals surface area contributed by atoms with Crippen molar-refractivity contribution in [2.75, 3.05) is 14.2 Å². The van der Waals surface area contributed by atoms with Crippen LogP contribution in [0.5, 0.6) is 0 Å². The van der Waals surface area contributed by atoms with Crippen LogP contribution in [0.15, 0.2) is 36.4 Å². The molecule has 0 saturated heterocycles. The van der Waals surface area contributed by atoms with E-state index in [2.05, 4.69) is 4.74 Å². The normalized spacial score (nSPS) is 12.3. The van der Waals surface area contributed by atoms with Gasteiger partial charge in [-0.2, -0.15) is 0 Å². The molecule has 0 radical (unpaired) electrons. The predicted octanol–water partition coefficient (Wildman–Crippen LogP) is 1.88. The molecule has 0 heterocycles. The molecule has 2 rings (SSSR count). The van der Waals surface area contributed by atoms with E-state index in [1.165, 1.54) is 31.3 Å². The van der Waals surface area contributed by atoms with Gasteiger partial charge in [0, 0.05) is 12.6 Å². The van der Waals surface area contributed by atoms with Crippen molar-refractivity contribution >= 4 is 21.9 Å². The maximum absolute atomic E-state index is 13.6. The number of rotatable bonds is 6. The second-order valence-electron chi connectivity index (χ2n) is 6.15. The number of hydrogen-bond donors (Lipinski definition) is 1. The maximum Gasteiger partial charge on any atom is 0.333 e. The van der Waals surface area contributed by atoms with E-state index in [-0.39, 0.29) is 16.7 Å². The molecule has 0 unspecified atom stereocenters. The third-order valence-electron chi connectivity index (χ3n) is 4.00. The summed E-state index contributed by atoms with van der Waals surface area (Å²) in [5, 5.41) is 4.99. The van der Waals surface area contributed by atoms with Crippen molar-refractivity contribution < 1.29 is 35.9 Å². The van der Waals surface area contributed by atoms with Crippen LogP contribution in [0, 0.1) is 17.5 Å². The zero-order valence-electron chi connectivity index (χ0n) is 15.4. The molecule has 0 aliphatic heterocycles. The van der Waals surface area contributed by atoms with Crippen LogP contribution < -0.4 is 5.14 Å². The molecule has 7 nitrogen and oxygen atoms in total. The summed E-state index contributed by atoms with van der Waals surface area (Å²) >= 11 is 0. The third kappa shape index (κ3) is 5.33. The summed E-state index contributed by atoms with van der Waals surface area (Å²) in [5.74, 6) is -7.11. The molecule has 29 heavy (non-hydrogen) atoms. The summed E-state index contributed by atoms with van der Waals surface area (Å²) in [6.45, 7) is 0. The first-order chi connectivity index (χ1) is 13.4. The summed E-state index contributed by atoms with van der Waals surface area (Å²) in [4.78, 5) is 25.9. The molecule has 0 spiro atoms. The lowest BCUT2D eigenvalue weighted by Crippen LogP contribution is -2.36. The summed E-state index contributed by atoms with van der Waals surface area (Å²) in [6, 6.07) is 5.03. The molecule has 2 aromatic rings. The minimum atomic E-state index is -3.85. The molecule has 0 bridgehead atoms. The summed E-state index contributed by atoms with van der Waals surface area (Å²) in [6.07, 6.45) is 0. The summed E-state index contributed by atoms with van der Waals surface area (Å²) in [5.41, 5.74) is -0.129. The third-order valence-corrected chi connectivity index (χ3v) is 4.73. The summed E-state index contributed by atoms with van der Waals surface area (Å²) < 4.78 is 67.6. The van der Waals surface area contributed by atoms with Crippen LogP contribution in [0.2, 0.25) is 0 Å². The first-order valence-electron chi connectivity index (χ1n) is 8.03. The van der Waals surface area contributed by atoms with E-state index in [9.17, 15) is 31.2 Å². The van der Waals surface area contributed by atoms with Crippen LogP contribution in [0.25, 0.3) is 0 Å². The van der Waals surface area contributed by atoms with Crippen LogP contribution in [0.4, 0.5) is 13.2 Å². The van der Waals surface area contributed by atoms with Crippen molar-refractivity contribution in [3.63, 3.8) is 0 Å². The van der Waals surface area contributed by atoms with Crippen LogP contribution in [-0.4, -0.2) is 39.4 Å².